The molecule has 0 unspecified atom stereocenters. The number of hydrogen-bond donors (Lipinski definition) is 3. The number of rotatable bonds is 7. The maximum absolute atomic E-state index is 13.4. The van der Waals surface area contributed by atoms with Crippen LogP contribution in [0.4, 0.5) is 5.82 Å². The first-order valence-electron chi connectivity index (χ1n) is 13.4. The van der Waals surface area contributed by atoms with E-state index in [9.17, 15) is 9.90 Å². The van der Waals surface area contributed by atoms with Crippen LogP contribution in [0.1, 0.15) is 88.6 Å². The highest BCUT2D eigenvalue weighted by molar-refractivity contribution is 6.04. The summed E-state index contributed by atoms with van der Waals surface area (Å²) in [6.07, 6.45) is 4.58. The van der Waals surface area contributed by atoms with Crippen LogP contribution in [-0.4, -0.2) is 37.1 Å². The number of carbonyl (C=O) groups is 1. The van der Waals surface area contributed by atoms with Gasteiger partial charge in [0.2, 0.25) is 0 Å². The van der Waals surface area contributed by atoms with Crippen molar-refractivity contribution in [2.24, 2.45) is 0 Å². The molecular formula is C30H40N6O2. The fourth-order valence-corrected chi connectivity index (χ4v) is 4.83. The predicted octanol–water partition coefficient (Wildman–Crippen LogP) is 5.63. The van der Waals surface area contributed by atoms with Gasteiger partial charge in [-0.15, -0.1) is 0 Å². The standard InChI is InChI=1S/C30H40N6O2/c1-8-9-12-22-35-24-25(23-21(34-27(24)31)11-10-13-32-23)36(22)15-14-33-28(38)18-16-19(29(2,3)4)26(37)20(17-18)30(5,6)7/h10-11,13,16-17,37H,8-9,12,14-15H2,1-7H3,(H2,31,34)(H,33,38). The number of nitrogen functional groups attached to an aromatic ring is 1. The molecule has 4 N–H and O–H groups in total. The molecule has 0 saturated heterocycles. The van der Waals surface area contributed by atoms with E-state index in [1.165, 1.54) is 0 Å². The molecule has 0 fully saturated rings. The molecule has 0 aliphatic heterocycles. The molecule has 0 spiro atoms. The molecule has 8 nitrogen and oxygen atoms in total. The summed E-state index contributed by atoms with van der Waals surface area (Å²) in [6.45, 7) is 15.3. The lowest BCUT2D eigenvalue weighted by Gasteiger charge is -2.28. The Morgan fingerprint density at radius 3 is 2.32 bits per heavy atom. The number of nitrogens with two attached hydrogens (primary N) is 1. The Balaban J connectivity index is 1.67. The first-order chi connectivity index (χ1) is 17.8. The van der Waals surface area contributed by atoms with E-state index in [-0.39, 0.29) is 22.5 Å². The van der Waals surface area contributed by atoms with Crippen LogP contribution in [0.25, 0.3) is 22.1 Å². The Bertz CT molecular complexity index is 1460. The van der Waals surface area contributed by atoms with Crippen molar-refractivity contribution in [2.45, 2.75) is 85.1 Å². The number of unbranched alkanes of at least 4 members (excludes halogenated alkanes) is 1. The van der Waals surface area contributed by atoms with Gasteiger partial charge in [0.1, 0.15) is 28.1 Å². The van der Waals surface area contributed by atoms with Crippen molar-refractivity contribution in [1.29, 1.82) is 0 Å². The van der Waals surface area contributed by atoms with E-state index < -0.39 is 0 Å². The van der Waals surface area contributed by atoms with Crippen LogP contribution in [0.2, 0.25) is 0 Å². The summed E-state index contributed by atoms with van der Waals surface area (Å²) in [5, 5.41) is 14.1. The third-order valence-corrected chi connectivity index (χ3v) is 6.90. The number of phenolic OH excluding ortho intramolecular Hbond substituents is 1. The molecule has 1 aromatic carbocycles. The number of aromatic nitrogens is 4. The van der Waals surface area contributed by atoms with Crippen LogP contribution in [0.15, 0.2) is 30.5 Å². The monoisotopic (exact) mass is 516 g/mol. The van der Waals surface area contributed by atoms with Gasteiger partial charge in [0, 0.05) is 42.4 Å². The number of carbonyl (C=O) groups excluding carboxylic acids is 1. The first-order valence-corrected chi connectivity index (χ1v) is 13.4. The van der Waals surface area contributed by atoms with Gasteiger partial charge in [-0.25, -0.2) is 9.97 Å². The second-order valence-electron chi connectivity index (χ2n) is 12.0. The van der Waals surface area contributed by atoms with E-state index in [0.717, 1.165) is 52.8 Å². The zero-order valence-corrected chi connectivity index (χ0v) is 23.6. The highest BCUT2D eigenvalue weighted by atomic mass is 16.3. The SMILES string of the molecule is CCCCc1nc2c(N)nc3cccnc3c2n1CCNC(=O)c1cc(C(C)(C)C)c(O)c(C(C)(C)C)c1. The summed E-state index contributed by atoms with van der Waals surface area (Å²) in [7, 11) is 0. The van der Waals surface area contributed by atoms with Crippen molar-refractivity contribution >= 4 is 33.8 Å². The highest BCUT2D eigenvalue weighted by Crippen LogP contribution is 2.39. The number of aromatic hydroxyl groups is 1. The average Bonchev–Trinajstić information content (AvgIpc) is 3.20. The molecule has 3 heterocycles. The largest absolute Gasteiger partial charge is 0.507 e. The smallest absolute Gasteiger partial charge is 0.251 e. The van der Waals surface area contributed by atoms with Gasteiger partial charge in [-0.3, -0.25) is 9.78 Å². The van der Waals surface area contributed by atoms with Crippen molar-refractivity contribution in [3.8, 4) is 5.75 Å². The molecule has 4 rings (SSSR count). The zero-order chi connectivity index (χ0) is 27.8. The topological polar surface area (TPSA) is 119 Å². The Morgan fingerprint density at radius 1 is 1.05 bits per heavy atom. The molecule has 202 valence electrons. The van der Waals surface area contributed by atoms with E-state index in [2.05, 4.69) is 26.8 Å². The third-order valence-electron chi connectivity index (χ3n) is 6.90. The lowest BCUT2D eigenvalue weighted by molar-refractivity contribution is 0.0952. The van der Waals surface area contributed by atoms with Gasteiger partial charge in [-0.1, -0.05) is 54.9 Å². The predicted molar refractivity (Wildman–Crippen MR) is 154 cm³/mol. The number of anilines is 1. The summed E-state index contributed by atoms with van der Waals surface area (Å²) in [6, 6.07) is 7.36. The van der Waals surface area contributed by atoms with E-state index >= 15 is 0 Å². The summed E-state index contributed by atoms with van der Waals surface area (Å²) >= 11 is 0. The van der Waals surface area contributed by atoms with E-state index in [1.807, 2.05) is 65.8 Å². The maximum atomic E-state index is 13.4. The number of imidazole rings is 1. The van der Waals surface area contributed by atoms with Crippen molar-refractivity contribution in [1.82, 2.24) is 24.8 Å². The molecule has 1 amide bonds. The molecular weight excluding hydrogens is 476 g/mol. The van der Waals surface area contributed by atoms with Gasteiger partial charge >= 0.3 is 0 Å². The van der Waals surface area contributed by atoms with Crippen molar-refractivity contribution < 1.29 is 9.90 Å². The Hall–Kier alpha value is -3.68. The van der Waals surface area contributed by atoms with E-state index in [4.69, 9.17) is 10.7 Å². The van der Waals surface area contributed by atoms with Gasteiger partial charge in [-0.2, -0.15) is 0 Å². The number of aryl methyl sites for hydroxylation is 1. The number of amides is 1. The summed E-state index contributed by atoms with van der Waals surface area (Å²) in [5.74, 6) is 1.38. The molecule has 4 aromatic rings. The molecule has 0 aliphatic carbocycles. The highest BCUT2D eigenvalue weighted by Gasteiger charge is 2.28. The molecule has 0 aliphatic rings. The number of benzene rings is 1. The number of hydrogen-bond acceptors (Lipinski definition) is 6. The molecule has 0 saturated carbocycles. The lowest BCUT2D eigenvalue weighted by atomic mass is 9.78. The summed E-state index contributed by atoms with van der Waals surface area (Å²) in [5.41, 5.74) is 10.7. The van der Waals surface area contributed by atoms with Crippen LogP contribution < -0.4 is 11.1 Å². The van der Waals surface area contributed by atoms with Crippen molar-refractivity contribution in [3.05, 3.63) is 53.0 Å². The third kappa shape index (κ3) is 5.30. The van der Waals surface area contributed by atoms with E-state index in [0.29, 0.717) is 30.0 Å². The van der Waals surface area contributed by atoms with Crippen molar-refractivity contribution in [2.75, 3.05) is 12.3 Å². The van der Waals surface area contributed by atoms with Gasteiger partial charge in [0.05, 0.1) is 5.52 Å². The number of phenols is 1. The molecule has 38 heavy (non-hydrogen) atoms. The van der Waals surface area contributed by atoms with Crippen LogP contribution >= 0.6 is 0 Å². The first kappa shape index (κ1) is 27.4. The van der Waals surface area contributed by atoms with Gasteiger partial charge in [0.25, 0.3) is 5.91 Å². The molecule has 0 bridgehead atoms. The Labute approximate surface area is 224 Å². The normalized spacial score (nSPS) is 12.4. The molecule has 0 atom stereocenters. The summed E-state index contributed by atoms with van der Waals surface area (Å²) in [4.78, 5) is 27.3. The van der Waals surface area contributed by atoms with Crippen LogP contribution in [0, 0.1) is 0 Å². The zero-order valence-electron chi connectivity index (χ0n) is 23.6. The summed E-state index contributed by atoms with van der Waals surface area (Å²) < 4.78 is 2.12. The van der Waals surface area contributed by atoms with Crippen molar-refractivity contribution in [3.63, 3.8) is 0 Å². The van der Waals surface area contributed by atoms with Crippen LogP contribution in [0.5, 0.6) is 5.75 Å². The number of pyridine rings is 2. The lowest BCUT2D eigenvalue weighted by Crippen LogP contribution is -2.29. The van der Waals surface area contributed by atoms with Gasteiger partial charge in [0.15, 0.2) is 5.82 Å². The average molecular weight is 517 g/mol. The Kier molecular flexibility index (Phi) is 7.37. The minimum Gasteiger partial charge on any atom is -0.507 e. The Morgan fingerprint density at radius 2 is 1.71 bits per heavy atom. The number of nitrogens with zero attached hydrogens (tertiary/aromatic N) is 4. The van der Waals surface area contributed by atoms with Crippen LogP contribution in [0.3, 0.4) is 0 Å². The maximum Gasteiger partial charge on any atom is 0.251 e. The molecule has 8 heteroatoms. The quantitative estimate of drug-likeness (QED) is 0.293. The number of fused-ring (bicyclic) bond motifs is 3. The number of nitrogens with one attached hydrogen (secondary N) is 1. The second kappa shape index (κ2) is 10.2. The molecule has 3 aromatic heterocycles. The minimum absolute atomic E-state index is 0.176. The minimum atomic E-state index is -0.313. The van der Waals surface area contributed by atoms with Crippen LogP contribution in [-0.2, 0) is 23.8 Å². The fourth-order valence-electron chi connectivity index (χ4n) is 4.83. The fraction of sp³-hybridized carbons (Fsp3) is 0.467. The van der Waals surface area contributed by atoms with Gasteiger partial charge in [-0.05, 0) is 41.5 Å². The van der Waals surface area contributed by atoms with E-state index in [1.54, 1.807) is 6.20 Å². The van der Waals surface area contributed by atoms with Gasteiger partial charge < -0.3 is 20.7 Å². The molecule has 0 radical (unpaired) electrons. The second-order valence-corrected chi connectivity index (χ2v) is 12.0.